The van der Waals surface area contributed by atoms with Crippen LogP contribution in [0.4, 0.5) is 0 Å². The summed E-state index contributed by atoms with van der Waals surface area (Å²) in [5, 5.41) is 12.4. The van der Waals surface area contributed by atoms with Crippen LogP contribution in [0.1, 0.15) is 16.2 Å². The first-order valence-electron chi connectivity index (χ1n) is 4.58. The fraction of sp³-hybridized carbons (Fsp3) is 0.100. The van der Waals surface area contributed by atoms with Crippen molar-refractivity contribution in [3.05, 3.63) is 40.5 Å². The normalized spacial score (nSPS) is 10.2. The maximum atomic E-state index is 10.9. The van der Waals surface area contributed by atoms with Crippen molar-refractivity contribution in [3.8, 4) is 5.75 Å². The third kappa shape index (κ3) is 2.82. The summed E-state index contributed by atoms with van der Waals surface area (Å²) in [5.74, 6) is -0.538. The number of nitrogens with zero attached hydrogens (tertiary/aromatic N) is 2. The lowest BCUT2D eigenvalue weighted by molar-refractivity contribution is 0.0691. The minimum absolute atomic E-state index is 0.0245. The monoisotopic (exact) mass is 298 g/mol. The second-order valence-electron chi connectivity index (χ2n) is 3.07. The van der Waals surface area contributed by atoms with Gasteiger partial charge in [0.2, 0.25) is 0 Å². The Hall–Kier alpha value is -1.89. The number of carboxylic acid groups (broad SMARTS) is 1. The number of aromatic nitrogens is 2. The molecule has 17 heavy (non-hydrogen) atoms. The lowest BCUT2D eigenvalue weighted by Crippen LogP contribution is -2.03. The molecule has 0 atom stereocenters. The molecule has 88 valence electrons. The van der Waals surface area contributed by atoms with Crippen molar-refractivity contribution in [2.75, 3.05) is 0 Å². The van der Waals surface area contributed by atoms with Crippen LogP contribution in [0.25, 0.3) is 0 Å². The Morgan fingerprint density at radius 2 is 2.35 bits per heavy atom. The van der Waals surface area contributed by atoms with Crippen LogP contribution in [0.15, 0.2) is 33.5 Å². The number of aromatic carboxylic acids is 1. The number of carbonyl (C=O) groups is 1. The van der Waals surface area contributed by atoms with Gasteiger partial charge in [0, 0.05) is 4.47 Å². The van der Waals surface area contributed by atoms with Crippen molar-refractivity contribution in [1.29, 1.82) is 0 Å². The molecule has 0 aliphatic heterocycles. The molecular formula is C10H7BrN2O4. The maximum Gasteiger partial charge on any atom is 0.339 e. The first-order chi connectivity index (χ1) is 8.16. The molecule has 2 rings (SSSR count). The molecule has 7 heteroatoms. The molecule has 6 nitrogen and oxygen atoms in total. The molecule has 2 aromatic rings. The van der Waals surface area contributed by atoms with Gasteiger partial charge in [-0.15, -0.1) is 0 Å². The Kier molecular flexibility index (Phi) is 3.38. The van der Waals surface area contributed by atoms with Crippen LogP contribution in [0.3, 0.4) is 0 Å². The van der Waals surface area contributed by atoms with E-state index in [0.29, 0.717) is 0 Å². The van der Waals surface area contributed by atoms with Crippen molar-refractivity contribution in [1.82, 2.24) is 10.1 Å². The third-order valence-electron chi connectivity index (χ3n) is 1.93. The Labute approximate surface area is 104 Å². The first kappa shape index (κ1) is 11.6. The summed E-state index contributed by atoms with van der Waals surface area (Å²) in [7, 11) is 0. The molecule has 0 radical (unpaired) electrons. The molecule has 0 aliphatic carbocycles. The standard InChI is InChI=1S/C10H7BrN2O4/c11-6-1-2-7(10(14)15)8(3-6)16-4-9-12-5-13-17-9/h1-3,5H,4H2,(H,14,15). The molecule has 1 aromatic heterocycles. The molecule has 0 aliphatic rings. The van der Waals surface area contributed by atoms with Crippen LogP contribution in [-0.4, -0.2) is 21.2 Å². The summed E-state index contributed by atoms with van der Waals surface area (Å²) in [5.41, 5.74) is 0.0766. The molecular weight excluding hydrogens is 292 g/mol. The molecule has 0 spiro atoms. The molecule has 0 bridgehead atoms. The van der Waals surface area contributed by atoms with Crippen LogP contribution in [0, 0.1) is 0 Å². The molecule has 0 saturated heterocycles. The van der Waals surface area contributed by atoms with E-state index in [4.69, 9.17) is 14.4 Å². The number of benzene rings is 1. The Balaban J connectivity index is 2.19. The zero-order chi connectivity index (χ0) is 12.3. The lowest BCUT2D eigenvalue weighted by Gasteiger charge is -2.07. The molecule has 1 aromatic carbocycles. The van der Waals surface area contributed by atoms with E-state index in [2.05, 4.69) is 26.1 Å². The number of rotatable bonds is 4. The fourth-order valence-electron chi connectivity index (χ4n) is 1.19. The van der Waals surface area contributed by atoms with Crippen LogP contribution in [0.2, 0.25) is 0 Å². The van der Waals surface area contributed by atoms with Gasteiger partial charge >= 0.3 is 5.97 Å². The van der Waals surface area contributed by atoms with Gasteiger partial charge in [-0.1, -0.05) is 21.1 Å². The van der Waals surface area contributed by atoms with Gasteiger partial charge in [-0.25, -0.2) is 4.79 Å². The van der Waals surface area contributed by atoms with E-state index >= 15 is 0 Å². The van der Waals surface area contributed by atoms with Gasteiger partial charge in [0.15, 0.2) is 12.9 Å². The smallest absolute Gasteiger partial charge is 0.339 e. The van der Waals surface area contributed by atoms with Crippen LogP contribution < -0.4 is 4.74 Å². The largest absolute Gasteiger partial charge is 0.483 e. The average Bonchev–Trinajstić information content (AvgIpc) is 2.78. The SMILES string of the molecule is O=C(O)c1ccc(Br)cc1OCc1ncno1. The maximum absolute atomic E-state index is 10.9. The highest BCUT2D eigenvalue weighted by Gasteiger charge is 2.12. The van der Waals surface area contributed by atoms with E-state index in [-0.39, 0.29) is 23.8 Å². The van der Waals surface area contributed by atoms with E-state index in [1.54, 1.807) is 12.1 Å². The van der Waals surface area contributed by atoms with Gasteiger partial charge in [0.25, 0.3) is 5.89 Å². The third-order valence-corrected chi connectivity index (χ3v) is 2.43. The summed E-state index contributed by atoms with van der Waals surface area (Å²) in [6, 6.07) is 4.65. The average molecular weight is 299 g/mol. The van der Waals surface area contributed by atoms with Crippen molar-refractivity contribution in [2.24, 2.45) is 0 Å². The molecule has 0 amide bonds. The minimum atomic E-state index is -1.06. The molecule has 0 unspecified atom stereocenters. The molecule has 0 saturated carbocycles. The highest BCUT2D eigenvalue weighted by molar-refractivity contribution is 9.10. The van der Waals surface area contributed by atoms with Crippen molar-refractivity contribution in [3.63, 3.8) is 0 Å². The zero-order valence-corrected chi connectivity index (χ0v) is 10.0. The van der Waals surface area contributed by atoms with Gasteiger partial charge in [-0.05, 0) is 18.2 Å². The number of carboxylic acids is 1. The van der Waals surface area contributed by atoms with E-state index in [9.17, 15) is 4.79 Å². The molecule has 1 N–H and O–H groups in total. The topological polar surface area (TPSA) is 85.5 Å². The number of halogens is 1. The highest BCUT2D eigenvalue weighted by Crippen LogP contribution is 2.24. The quantitative estimate of drug-likeness (QED) is 0.930. The summed E-state index contributed by atoms with van der Waals surface area (Å²) in [4.78, 5) is 14.7. The van der Waals surface area contributed by atoms with Gasteiger partial charge in [0.1, 0.15) is 11.3 Å². The summed E-state index contributed by atoms with van der Waals surface area (Å²) in [6.07, 6.45) is 1.25. The molecule has 1 heterocycles. The summed E-state index contributed by atoms with van der Waals surface area (Å²) < 4.78 is 10.8. The number of hydrogen-bond acceptors (Lipinski definition) is 5. The Morgan fingerprint density at radius 3 is 3.00 bits per heavy atom. The number of hydrogen-bond donors (Lipinski definition) is 1. The van der Waals surface area contributed by atoms with Gasteiger partial charge in [-0.2, -0.15) is 4.98 Å². The highest BCUT2D eigenvalue weighted by atomic mass is 79.9. The zero-order valence-electron chi connectivity index (χ0n) is 8.46. The van der Waals surface area contributed by atoms with E-state index in [1.165, 1.54) is 12.4 Å². The predicted octanol–water partition coefficient (Wildman–Crippen LogP) is 2.11. The Bertz CT molecular complexity index is 527. The second kappa shape index (κ2) is 4.96. The number of ether oxygens (including phenoxy) is 1. The first-order valence-corrected chi connectivity index (χ1v) is 5.37. The van der Waals surface area contributed by atoms with Gasteiger partial charge < -0.3 is 14.4 Å². The van der Waals surface area contributed by atoms with E-state index < -0.39 is 5.97 Å². The van der Waals surface area contributed by atoms with Crippen LogP contribution >= 0.6 is 15.9 Å². The molecule has 0 fully saturated rings. The lowest BCUT2D eigenvalue weighted by atomic mass is 10.2. The van der Waals surface area contributed by atoms with Crippen molar-refractivity contribution in [2.45, 2.75) is 6.61 Å². The fourth-order valence-corrected chi connectivity index (χ4v) is 1.53. The summed E-state index contributed by atoms with van der Waals surface area (Å²) >= 11 is 3.24. The second-order valence-corrected chi connectivity index (χ2v) is 3.98. The van der Waals surface area contributed by atoms with E-state index in [0.717, 1.165) is 4.47 Å². The van der Waals surface area contributed by atoms with Gasteiger partial charge in [0.05, 0.1) is 0 Å². The van der Waals surface area contributed by atoms with Crippen LogP contribution in [-0.2, 0) is 6.61 Å². The van der Waals surface area contributed by atoms with Crippen molar-refractivity contribution < 1.29 is 19.2 Å². The van der Waals surface area contributed by atoms with Crippen molar-refractivity contribution >= 4 is 21.9 Å². The predicted molar refractivity (Wildman–Crippen MR) is 59.7 cm³/mol. The van der Waals surface area contributed by atoms with Crippen LogP contribution in [0.5, 0.6) is 5.75 Å². The Morgan fingerprint density at radius 1 is 1.53 bits per heavy atom. The van der Waals surface area contributed by atoms with Gasteiger partial charge in [-0.3, -0.25) is 0 Å². The summed E-state index contributed by atoms with van der Waals surface area (Å²) in [6.45, 7) is 0.0245. The van der Waals surface area contributed by atoms with E-state index in [1.807, 2.05) is 0 Å². The minimum Gasteiger partial charge on any atom is -0.483 e.